The van der Waals surface area contributed by atoms with Crippen LogP contribution in [0.2, 0.25) is 0 Å². The van der Waals surface area contributed by atoms with E-state index in [1.54, 1.807) is 0 Å². The lowest BCUT2D eigenvalue weighted by atomic mass is 10.1. The standard InChI is InChI=1S/C12H16N2/c1-8-6-11(8)12(13-3)10-4-5-14-9(2)7-10/h4-5,7-8,11H,6H2,1-3H3/t8-,11?/m0/s1. The second kappa shape index (κ2) is 3.52. The molecule has 1 unspecified atom stereocenters. The molecule has 2 nitrogen and oxygen atoms in total. The van der Waals surface area contributed by atoms with Crippen LogP contribution in [0.25, 0.3) is 0 Å². The minimum Gasteiger partial charge on any atom is -0.292 e. The lowest BCUT2D eigenvalue weighted by Crippen LogP contribution is -2.05. The molecule has 1 aliphatic carbocycles. The molecule has 0 N–H and O–H groups in total. The van der Waals surface area contributed by atoms with Crippen LogP contribution in [0.4, 0.5) is 0 Å². The van der Waals surface area contributed by atoms with Crippen molar-refractivity contribution in [1.82, 2.24) is 4.98 Å². The molecule has 1 aliphatic rings. The van der Waals surface area contributed by atoms with Gasteiger partial charge in [0.25, 0.3) is 0 Å². The average molecular weight is 188 g/mol. The van der Waals surface area contributed by atoms with Crippen molar-refractivity contribution in [3.8, 4) is 0 Å². The van der Waals surface area contributed by atoms with Crippen LogP contribution in [0, 0.1) is 18.8 Å². The summed E-state index contributed by atoms with van der Waals surface area (Å²) in [5.74, 6) is 1.49. The van der Waals surface area contributed by atoms with Gasteiger partial charge in [-0.2, -0.15) is 0 Å². The Hall–Kier alpha value is -1.18. The molecule has 1 heterocycles. The molecule has 1 aromatic heterocycles. The summed E-state index contributed by atoms with van der Waals surface area (Å²) in [7, 11) is 1.89. The van der Waals surface area contributed by atoms with E-state index in [4.69, 9.17) is 0 Å². The van der Waals surface area contributed by atoms with E-state index in [9.17, 15) is 0 Å². The van der Waals surface area contributed by atoms with Gasteiger partial charge in [-0.25, -0.2) is 0 Å². The normalized spacial score (nSPS) is 26.4. The zero-order valence-electron chi connectivity index (χ0n) is 8.99. The van der Waals surface area contributed by atoms with Crippen LogP contribution in [0.5, 0.6) is 0 Å². The van der Waals surface area contributed by atoms with Crippen molar-refractivity contribution in [2.45, 2.75) is 20.3 Å². The first-order chi connectivity index (χ1) is 6.72. The minimum absolute atomic E-state index is 0.682. The molecular weight excluding hydrogens is 172 g/mol. The van der Waals surface area contributed by atoms with E-state index >= 15 is 0 Å². The number of aliphatic imine (C=N–C) groups is 1. The van der Waals surface area contributed by atoms with Crippen LogP contribution in [-0.2, 0) is 0 Å². The quantitative estimate of drug-likeness (QED) is 0.654. The zero-order valence-corrected chi connectivity index (χ0v) is 8.99. The smallest absolute Gasteiger partial charge is 0.0451 e. The van der Waals surface area contributed by atoms with E-state index in [-0.39, 0.29) is 0 Å². The second-order valence-electron chi connectivity index (χ2n) is 4.11. The highest BCUT2D eigenvalue weighted by atomic mass is 14.7. The number of aromatic nitrogens is 1. The lowest BCUT2D eigenvalue weighted by molar-refractivity contribution is 0.922. The van der Waals surface area contributed by atoms with Crippen LogP contribution in [-0.4, -0.2) is 17.7 Å². The Kier molecular flexibility index (Phi) is 2.36. The Bertz CT molecular complexity index is 368. The van der Waals surface area contributed by atoms with Gasteiger partial charge in [0.05, 0.1) is 0 Å². The van der Waals surface area contributed by atoms with Gasteiger partial charge in [0.2, 0.25) is 0 Å². The molecule has 1 saturated carbocycles. The van der Waals surface area contributed by atoms with Crippen molar-refractivity contribution in [2.24, 2.45) is 16.8 Å². The highest BCUT2D eigenvalue weighted by Gasteiger charge is 2.37. The molecule has 0 aliphatic heterocycles. The van der Waals surface area contributed by atoms with Gasteiger partial charge in [0.15, 0.2) is 0 Å². The monoisotopic (exact) mass is 188 g/mol. The van der Waals surface area contributed by atoms with Crippen LogP contribution in [0.15, 0.2) is 23.3 Å². The van der Waals surface area contributed by atoms with Crippen molar-refractivity contribution < 1.29 is 0 Å². The molecule has 2 atom stereocenters. The number of pyridine rings is 1. The molecule has 74 valence electrons. The minimum atomic E-state index is 0.682. The van der Waals surface area contributed by atoms with E-state index in [0.717, 1.165) is 11.6 Å². The molecule has 0 radical (unpaired) electrons. The molecule has 14 heavy (non-hydrogen) atoms. The van der Waals surface area contributed by atoms with E-state index in [1.807, 2.05) is 20.2 Å². The van der Waals surface area contributed by atoms with Crippen molar-refractivity contribution in [3.05, 3.63) is 29.6 Å². The Morgan fingerprint density at radius 3 is 2.79 bits per heavy atom. The SMILES string of the molecule is CN=C(c1ccnc(C)c1)C1C[C@@H]1C. The third-order valence-corrected chi connectivity index (χ3v) is 2.89. The summed E-state index contributed by atoms with van der Waals surface area (Å²) in [6.45, 7) is 4.30. The van der Waals surface area contributed by atoms with Crippen molar-refractivity contribution in [3.63, 3.8) is 0 Å². The second-order valence-corrected chi connectivity index (χ2v) is 4.11. The van der Waals surface area contributed by atoms with E-state index in [1.165, 1.54) is 17.7 Å². The molecule has 0 bridgehead atoms. The third-order valence-electron chi connectivity index (χ3n) is 2.89. The van der Waals surface area contributed by atoms with Gasteiger partial charge in [0.1, 0.15) is 0 Å². The Morgan fingerprint density at radius 1 is 1.57 bits per heavy atom. The topological polar surface area (TPSA) is 25.2 Å². The first-order valence-corrected chi connectivity index (χ1v) is 5.12. The van der Waals surface area contributed by atoms with Gasteiger partial charge in [-0.05, 0) is 37.0 Å². The van der Waals surface area contributed by atoms with Crippen LogP contribution in [0.3, 0.4) is 0 Å². The van der Waals surface area contributed by atoms with Gasteiger partial charge >= 0.3 is 0 Å². The molecule has 0 saturated heterocycles. The van der Waals surface area contributed by atoms with Crippen LogP contribution in [0.1, 0.15) is 24.6 Å². The predicted molar refractivity (Wildman–Crippen MR) is 58.7 cm³/mol. The van der Waals surface area contributed by atoms with Crippen LogP contribution >= 0.6 is 0 Å². The number of aryl methyl sites for hydroxylation is 1. The van der Waals surface area contributed by atoms with Gasteiger partial charge in [-0.1, -0.05) is 6.92 Å². The maximum Gasteiger partial charge on any atom is 0.0451 e. The van der Waals surface area contributed by atoms with Gasteiger partial charge in [0, 0.05) is 30.6 Å². The third kappa shape index (κ3) is 1.69. The first-order valence-electron chi connectivity index (χ1n) is 5.12. The highest BCUT2D eigenvalue weighted by molar-refractivity contribution is 6.03. The Labute approximate surface area is 85.1 Å². The fourth-order valence-corrected chi connectivity index (χ4v) is 1.92. The van der Waals surface area contributed by atoms with E-state index in [2.05, 4.69) is 29.0 Å². The summed E-state index contributed by atoms with van der Waals surface area (Å²) >= 11 is 0. The molecule has 0 aromatic carbocycles. The Balaban J connectivity index is 2.29. The van der Waals surface area contributed by atoms with Crippen LogP contribution < -0.4 is 0 Å². The summed E-state index contributed by atoms with van der Waals surface area (Å²) in [5.41, 5.74) is 3.56. The molecule has 1 aromatic rings. The maximum atomic E-state index is 4.40. The molecule has 2 rings (SSSR count). The predicted octanol–water partition coefficient (Wildman–Crippen LogP) is 2.46. The van der Waals surface area contributed by atoms with Crippen molar-refractivity contribution >= 4 is 5.71 Å². The molecule has 1 fully saturated rings. The van der Waals surface area contributed by atoms with E-state index in [0.29, 0.717) is 5.92 Å². The molecule has 0 amide bonds. The molecule has 0 spiro atoms. The summed E-state index contributed by atoms with van der Waals surface area (Å²) in [4.78, 5) is 8.60. The van der Waals surface area contributed by atoms with Crippen molar-refractivity contribution in [2.75, 3.05) is 7.05 Å². The summed E-state index contributed by atoms with van der Waals surface area (Å²) in [6.07, 6.45) is 3.15. The Morgan fingerprint density at radius 2 is 2.29 bits per heavy atom. The lowest BCUT2D eigenvalue weighted by Gasteiger charge is -2.04. The fraction of sp³-hybridized carbons (Fsp3) is 0.500. The largest absolute Gasteiger partial charge is 0.292 e. The highest BCUT2D eigenvalue weighted by Crippen LogP contribution is 2.40. The average Bonchev–Trinajstić information content (AvgIpc) is 2.84. The zero-order chi connectivity index (χ0) is 10.1. The van der Waals surface area contributed by atoms with Gasteiger partial charge < -0.3 is 0 Å². The summed E-state index contributed by atoms with van der Waals surface area (Å²) in [6, 6.07) is 4.17. The number of rotatable bonds is 2. The molecular formula is C12H16N2. The van der Waals surface area contributed by atoms with Gasteiger partial charge in [-0.15, -0.1) is 0 Å². The molecule has 2 heteroatoms. The van der Waals surface area contributed by atoms with Gasteiger partial charge in [-0.3, -0.25) is 9.98 Å². The number of hydrogen-bond acceptors (Lipinski definition) is 2. The summed E-state index contributed by atoms with van der Waals surface area (Å²) < 4.78 is 0. The van der Waals surface area contributed by atoms with E-state index < -0.39 is 0 Å². The number of nitrogens with zero attached hydrogens (tertiary/aromatic N) is 2. The number of hydrogen-bond donors (Lipinski definition) is 0. The maximum absolute atomic E-state index is 4.40. The first kappa shape index (κ1) is 9.38. The summed E-state index contributed by atoms with van der Waals surface area (Å²) in [5, 5.41) is 0. The van der Waals surface area contributed by atoms with Crippen molar-refractivity contribution in [1.29, 1.82) is 0 Å². The fourth-order valence-electron chi connectivity index (χ4n) is 1.92.